The van der Waals surface area contributed by atoms with Crippen LogP contribution < -0.4 is 10.6 Å². The molecule has 1 aromatic heterocycles. The van der Waals surface area contributed by atoms with Gasteiger partial charge in [-0.2, -0.15) is 0 Å². The number of nitrogens with zero attached hydrogens (tertiary/aromatic N) is 2. The second-order valence-electron chi connectivity index (χ2n) is 5.06. The predicted molar refractivity (Wildman–Crippen MR) is 86.7 cm³/mol. The lowest BCUT2D eigenvalue weighted by Crippen LogP contribution is -2.31. The predicted octanol–water partition coefficient (Wildman–Crippen LogP) is 3.62. The first-order valence-corrected chi connectivity index (χ1v) is 7.21. The molecule has 23 heavy (non-hydrogen) atoms. The summed E-state index contributed by atoms with van der Waals surface area (Å²) in [6.07, 6.45) is 1.27. The molecule has 0 saturated carbocycles. The molecular formula is C17H16N4O2. The molecule has 0 aliphatic heterocycles. The highest BCUT2D eigenvalue weighted by Crippen LogP contribution is 2.20. The highest BCUT2D eigenvalue weighted by atomic mass is 16.4. The van der Waals surface area contributed by atoms with E-state index in [2.05, 4.69) is 20.8 Å². The van der Waals surface area contributed by atoms with Crippen molar-refractivity contribution >= 4 is 11.7 Å². The van der Waals surface area contributed by atoms with Crippen molar-refractivity contribution in [2.45, 2.75) is 13.0 Å². The molecule has 0 aliphatic carbocycles. The van der Waals surface area contributed by atoms with Gasteiger partial charge < -0.3 is 15.1 Å². The van der Waals surface area contributed by atoms with Crippen LogP contribution in [-0.2, 0) is 0 Å². The van der Waals surface area contributed by atoms with Crippen molar-refractivity contribution in [1.29, 1.82) is 0 Å². The fourth-order valence-corrected chi connectivity index (χ4v) is 2.22. The molecule has 2 N–H and O–H groups in total. The molecule has 0 bridgehead atoms. The number of anilines is 1. The van der Waals surface area contributed by atoms with Gasteiger partial charge in [-0.3, -0.25) is 0 Å². The van der Waals surface area contributed by atoms with Crippen molar-refractivity contribution in [1.82, 2.24) is 15.5 Å². The summed E-state index contributed by atoms with van der Waals surface area (Å²) >= 11 is 0. The third kappa shape index (κ3) is 3.74. The first kappa shape index (κ1) is 14.8. The number of rotatable bonds is 4. The molecule has 0 spiro atoms. The van der Waals surface area contributed by atoms with Crippen molar-refractivity contribution in [2.75, 3.05) is 5.32 Å². The zero-order valence-electron chi connectivity index (χ0n) is 12.6. The van der Waals surface area contributed by atoms with Crippen LogP contribution in [0.3, 0.4) is 0 Å². The van der Waals surface area contributed by atoms with Gasteiger partial charge in [0.05, 0.1) is 6.04 Å². The first-order chi connectivity index (χ1) is 11.2. The largest absolute Gasteiger partial charge is 0.423 e. The number of benzene rings is 2. The van der Waals surface area contributed by atoms with Gasteiger partial charge in [-0.25, -0.2) is 4.79 Å². The highest BCUT2D eigenvalue weighted by Gasteiger charge is 2.10. The molecule has 1 heterocycles. The Balaban J connectivity index is 1.65. The van der Waals surface area contributed by atoms with Gasteiger partial charge in [-0.1, -0.05) is 36.4 Å². The Bertz CT molecular complexity index is 772. The van der Waals surface area contributed by atoms with Gasteiger partial charge >= 0.3 is 6.03 Å². The SMILES string of the molecule is C[C@H](NC(=O)Nc1cccc(-c2nnco2)c1)c1ccccc1. The van der Waals surface area contributed by atoms with Crippen molar-refractivity contribution in [3.63, 3.8) is 0 Å². The molecule has 1 atom stereocenters. The minimum atomic E-state index is -0.274. The van der Waals surface area contributed by atoms with Crippen molar-refractivity contribution in [3.8, 4) is 11.5 Å². The molecule has 0 radical (unpaired) electrons. The molecule has 2 amide bonds. The van der Waals surface area contributed by atoms with E-state index in [9.17, 15) is 4.79 Å². The van der Waals surface area contributed by atoms with Gasteiger partial charge in [0.25, 0.3) is 0 Å². The van der Waals surface area contributed by atoms with Gasteiger partial charge in [-0.05, 0) is 30.7 Å². The van der Waals surface area contributed by atoms with Gasteiger partial charge in [0, 0.05) is 11.3 Å². The Morgan fingerprint density at radius 1 is 1.13 bits per heavy atom. The zero-order chi connectivity index (χ0) is 16.1. The average molecular weight is 308 g/mol. The summed E-state index contributed by atoms with van der Waals surface area (Å²) < 4.78 is 5.15. The monoisotopic (exact) mass is 308 g/mol. The highest BCUT2D eigenvalue weighted by molar-refractivity contribution is 5.90. The van der Waals surface area contributed by atoms with E-state index in [0.717, 1.165) is 11.1 Å². The topological polar surface area (TPSA) is 80.0 Å². The smallest absolute Gasteiger partial charge is 0.319 e. The second-order valence-corrected chi connectivity index (χ2v) is 5.06. The zero-order valence-corrected chi connectivity index (χ0v) is 12.6. The molecule has 0 fully saturated rings. The number of amides is 2. The first-order valence-electron chi connectivity index (χ1n) is 7.21. The number of hydrogen-bond acceptors (Lipinski definition) is 4. The summed E-state index contributed by atoms with van der Waals surface area (Å²) in [5.41, 5.74) is 2.44. The molecule has 6 heteroatoms. The maximum atomic E-state index is 12.1. The van der Waals surface area contributed by atoms with Crippen LogP contribution in [-0.4, -0.2) is 16.2 Å². The minimum absolute atomic E-state index is 0.0877. The number of nitrogens with one attached hydrogen (secondary N) is 2. The lowest BCUT2D eigenvalue weighted by Gasteiger charge is -2.15. The molecule has 2 aromatic carbocycles. The molecule has 3 aromatic rings. The Morgan fingerprint density at radius 3 is 2.70 bits per heavy atom. The third-order valence-electron chi connectivity index (χ3n) is 3.37. The van der Waals surface area contributed by atoms with Crippen LogP contribution in [0.1, 0.15) is 18.5 Å². The van der Waals surface area contributed by atoms with Gasteiger partial charge in [-0.15, -0.1) is 10.2 Å². The van der Waals surface area contributed by atoms with E-state index in [4.69, 9.17) is 4.42 Å². The number of carbonyl (C=O) groups excluding carboxylic acids is 1. The van der Waals surface area contributed by atoms with Crippen molar-refractivity contribution in [2.24, 2.45) is 0 Å². The Hall–Kier alpha value is -3.15. The molecule has 0 aliphatic rings. The van der Waals surface area contributed by atoms with Crippen molar-refractivity contribution < 1.29 is 9.21 Å². The lowest BCUT2D eigenvalue weighted by atomic mass is 10.1. The Kier molecular flexibility index (Phi) is 4.33. The quantitative estimate of drug-likeness (QED) is 0.771. The fourth-order valence-electron chi connectivity index (χ4n) is 2.22. The second kappa shape index (κ2) is 6.74. The molecule has 0 unspecified atom stereocenters. The van der Waals surface area contributed by atoms with E-state index in [1.807, 2.05) is 49.4 Å². The maximum Gasteiger partial charge on any atom is 0.319 e. The summed E-state index contributed by atoms with van der Waals surface area (Å²) in [6.45, 7) is 1.93. The third-order valence-corrected chi connectivity index (χ3v) is 3.37. The average Bonchev–Trinajstić information content (AvgIpc) is 3.10. The number of urea groups is 1. The van der Waals surface area contributed by atoms with Crippen molar-refractivity contribution in [3.05, 3.63) is 66.6 Å². The number of carbonyl (C=O) groups is 1. The Labute approximate surface area is 133 Å². The summed E-state index contributed by atoms with van der Waals surface area (Å²) in [7, 11) is 0. The summed E-state index contributed by atoms with van der Waals surface area (Å²) in [6, 6.07) is 16.6. The fraction of sp³-hybridized carbons (Fsp3) is 0.118. The molecule has 116 valence electrons. The van der Waals surface area contributed by atoms with Gasteiger partial charge in [0.15, 0.2) is 0 Å². The van der Waals surface area contributed by atoms with E-state index in [1.165, 1.54) is 6.39 Å². The number of aromatic nitrogens is 2. The van der Waals surface area contributed by atoms with Gasteiger partial charge in [0.1, 0.15) is 0 Å². The maximum absolute atomic E-state index is 12.1. The van der Waals surface area contributed by atoms with E-state index < -0.39 is 0 Å². The molecule has 3 rings (SSSR count). The Morgan fingerprint density at radius 2 is 1.96 bits per heavy atom. The van der Waals surface area contributed by atoms with E-state index >= 15 is 0 Å². The summed E-state index contributed by atoms with van der Waals surface area (Å²) in [5.74, 6) is 0.409. The van der Waals surface area contributed by atoms with Crippen LogP contribution in [0.25, 0.3) is 11.5 Å². The normalized spacial score (nSPS) is 11.7. The van der Waals surface area contributed by atoms with Crippen LogP contribution in [0.2, 0.25) is 0 Å². The summed E-state index contributed by atoms with van der Waals surface area (Å²) in [5, 5.41) is 13.2. The van der Waals surface area contributed by atoms with E-state index in [0.29, 0.717) is 11.6 Å². The van der Waals surface area contributed by atoms with Crippen LogP contribution >= 0.6 is 0 Å². The standard InChI is InChI=1S/C17H16N4O2/c1-12(13-6-3-2-4-7-13)19-17(22)20-15-9-5-8-14(10-15)16-21-18-11-23-16/h2-12H,1H3,(H2,19,20,22)/t12-/m0/s1. The molecule has 0 saturated heterocycles. The van der Waals surface area contributed by atoms with E-state index in [1.54, 1.807) is 12.1 Å². The molecular weight excluding hydrogens is 292 g/mol. The van der Waals surface area contributed by atoms with Gasteiger partial charge in [0.2, 0.25) is 12.3 Å². The lowest BCUT2D eigenvalue weighted by molar-refractivity contribution is 0.249. The van der Waals surface area contributed by atoms with Crippen LogP contribution in [0.15, 0.2) is 65.4 Å². The number of hydrogen-bond donors (Lipinski definition) is 2. The minimum Gasteiger partial charge on any atom is -0.423 e. The van der Waals surface area contributed by atoms with Crippen LogP contribution in [0, 0.1) is 0 Å². The summed E-state index contributed by atoms with van der Waals surface area (Å²) in [4.78, 5) is 12.1. The van der Waals surface area contributed by atoms with E-state index in [-0.39, 0.29) is 12.1 Å². The van der Waals surface area contributed by atoms with Crippen LogP contribution in [0.4, 0.5) is 10.5 Å². The molecule has 6 nitrogen and oxygen atoms in total. The van der Waals surface area contributed by atoms with Crippen LogP contribution in [0.5, 0.6) is 0 Å².